The van der Waals surface area contributed by atoms with Crippen LogP contribution in [-0.4, -0.2) is 18.2 Å². The molecule has 1 aliphatic rings. The lowest BCUT2D eigenvalue weighted by Gasteiger charge is -2.23. The maximum Gasteiger partial charge on any atom is 0.339 e. The summed E-state index contributed by atoms with van der Waals surface area (Å²) in [5.74, 6) is -0.852. The molecule has 19 heavy (non-hydrogen) atoms. The molecule has 1 aromatic carbocycles. The minimum atomic E-state index is -1.42. The van der Waals surface area contributed by atoms with E-state index in [0.29, 0.717) is 5.56 Å². The predicted octanol–water partition coefficient (Wildman–Crippen LogP) is 3.08. The smallest absolute Gasteiger partial charge is 0.339 e. The van der Waals surface area contributed by atoms with Gasteiger partial charge < -0.3 is 9.84 Å². The first-order valence-electron chi connectivity index (χ1n) is 6.68. The van der Waals surface area contributed by atoms with Gasteiger partial charge in [-0.2, -0.15) is 0 Å². The third-order valence-electron chi connectivity index (χ3n) is 3.81. The lowest BCUT2D eigenvalue weighted by molar-refractivity contribution is -0.150. The van der Waals surface area contributed by atoms with E-state index in [-0.39, 0.29) is 17.3 Å². The molecular weight excluding hydrogens is 247 g/mol. The molecule has 1 atom stereocenters. The molecule has 1 fully saturated rings. The van der Waals surface area contributed by atoms with Crippen LogP contribution in [0.15, 0.2) is 18.2 Å². The van der Waals surface area contributed by atoms with E-state index in [2.05, 4.69) is 4.74 Å². The summed E-state index contributed by atoms with van der Waals surface area (Å²) >= 11 is 0. The van der Waals surface area contributed by atoms with E-state index in [0.717, 1.165) is 25.7 Å². The highest BCUT2D eigenvalue weighted by Gasteiger charge is 2.22. The first-order valence-corrected chi connectivity index (χ1v) is 6.68. The van der Waals surface area contributed by atoms with Crippen molar-refractivity contribution < 1.29 is 19.0 Å². The van der Waals surface area contributed by atoms with Crippen LogP contribution in [0.4, 0.5) is 4.39 Å². The second-order valence-corrected chi connectivity index (χ2v) is 5.04. The molecule has 0 radical (unpaired) electrons. The summed E-state index contributed by atoms with van der Waals surface area (Å²) in [7, 11) is 1.19. The van der Waals surface area contributed by atoms with Crippen LogP contribution in [0.2, 0.25) is 0 Å². The van der Waals surface area contributed by atoms with Crippen molar-refractivity contribution in [1.29, 1.82) is 0 Å². The van der Waals surface area contributed by atoms with Gasteiger partial charge in [0.2, 0.25) is 0 Å². The standard InChI is InChI=1S/C15H19FO3/c1-19-15(18)14(17)11-7-8-12(13(16)9-11)10-5-3-2-4-6-10/h7-10,14,17H,2-6H2,1H3. The molecule has 104 valence electrons. The normalized spacial score (nSPS) is 18.1. The van der Waals surface area contributed by atoms with E-state index in [9.17, 15) is 14.3 Å². The second kappa shape index (κ2) is 6.15. The van der Waals surface area contributed by atoms with E-state index < -0.39 is 12.1 Å². The van der Waals surface area contributed by atoms with E-state index in [1.807, 2.05) is 0 Å². The Hall–Kier alpha value is -1.42. The molecule has 3 nitrogen and oxygen atoms in total. The predicted molar refractivity (Wildman–Crippen MR) is 69.2 cm³/mol. The fourth-order valence-corrected chi connectivity index (χ4v) is 2.71. The molecule has 1 saturated carbocycles. The van der Waals surface area contributed by atoms with Crippen molar-refractivity contribution in [2.45, 2.75) is 44.1 Å². The zero-order chi connectivity index (χ0) is 13.8. The molecule has 0 aliphatic heterocycles. The topological polar surface area (TPSA) is 46.5 Å². The SMILES string of the molecule is COC(=O)C(O)c1ccc(C2CCCCC2)c(F)c1. The van der Waals surface area contributed by atoms with Crippen molar-refractivity contribution in [3.8, 4) is 0 Å². The summed E-state index contributed by atoms with van der Waals surface area (Å²) in [6.07, 6.45) is 4.09. The molecule has 2 rings (SSSR count). The number of aliphatic hydroxyl groups is 1. The maximum absolute atomic E-state index is 14.1. The molecule has 4 heteroatoms. The third-order valence-corrected chi connectivity index (χ3v) is 3.81. The summed E-state index contributed by atoms with van der Waals surface area (Å²) in [6, 6.07) is 4.53. The summed E-state index contributed by atoms with van der Waals surface area (Å²) in [4.78, 5) is 11.2. The number of methoxy groups -OCH3 is 1. The zero-order valence-corrected chi connectivity index (χ0v) is 11.1. The Labute approximate surface area is 112 Å². The summed E-state index contributed by atoms with van der Waals surface area (Å²) < 4.78 is 18.5. The van der Waals surface area contributed by atoms with Gasteiger partial charge in [0.15, 0.2) is 6.10 Å². The number of carbonyl (C=O) groups is 1. The van der Waals surface area contributed by atoms with Gasteiger partial charge in [-0.25, -0.2) is 9.18 Å². The third kappa shape index (κ3) is 3.13. The number of carbonyl (C=O) groups excluding carboxylic acids is 1. The van der Waals surface area contributed by atoms with Gasteiger partial charge in [0, 0.05) is 0 Å². The van der Waals surface area contributed by atoms with Crippen LogP contribution in [0.3, 0.4) is 0 Å². The molecule has 1 N–H and O–H groups in total. The molecule has 0 heterocycles. The fourth-order valence-electron chi connectivity index (χ4n) is 2.71. The highest BCUT2D eigenvalue weighted by molar-refractivity contribution is 5.76. The minimum absolute atomic E-state index is 0.240. The summed E-state index contributed by atoms with van der Waals surface area (Å²) in [6.45, 7) is 0. The summed E-state index contributed by atoms with van der Waals surface area (Å²) in [5.41, 5.74) is 0.935. The van der Waals surface area contributed by atoms with Gasteiger partial charge in [-0.15, -0.1) is 0 Å². The maximum atomic E-state index is 14.1. The highest BCUT2D eigenvalue weighted by atomic mass is 19.1. The lowest BCUT2D eigenvalue weighted by Crippen LogP contribution is -2.14. The molecule has 0 spiro atoms. The molecular formula is C15H19FO3. The first-order chi connectivity index (χ1) is 9.13. The lowest BCUT2D eigenvalue weighted by atomic mass is 9.83. The Bertz CT molecular complexity index is 453. The number of benzene rings is 1. The number of rotatable bonds is 3. The summed E-state index contributed by atoms with van der Waals surface area (Å²) in [5, 5.41) is 9.67. The van der Waals surface area contributed by atoms with Crippen molar-refractivity contribution >= 4 is 5.97 Å². The highest BCUT2D eigenvalue weighted by Crippen LogP contribution is 2.34. The van der Waals surface area contributed by atoms with Crippen molar-refractivity contribution in [3.05, 3.63) is 35.1 Å². The van der Waals surface area contributed by atoms with Crippen LogP contribution >= 0.6 is 0 Å². The average molecular weight is 266 g/mol. The molecule has 1 aromatic rings. The van der Waals surface area contributed by atoms with Crippen LogP contribution in [-0.2, 0) is 9.53 Å². The Balaban J connectivity index is 2.19. The second-order valence-electron chi connectivity index (χ2n) is 5.04. The monoisotopic (exact) mass is 266 g/mol. The molecule has 0 saturated heterocycles. The number of hydrogen-bond donors (Lipinski definition) is 1. The fraction of sp³-hybridized carbons (Fsp3) is 0.533. The van der Waals surface area contributed by atoms with E-state index >= 15 is 0 Å². The minimum Gasteiger partial charge on any atom is -0.467 e. The van der Waals surface area contributed by atoms with Crippen LogP contribution in [0.25, 0.3) is 0 Å². The first kappa shape index (κ1) is 14.0. The number of esters is 1. The quantitative estimate of drug-likeness (QED) is 0.855. The van der Waals surface area contributed by atoms with Gasteiger partial charge in [-0.1, -0.05) is 31.4 Å². The average Bonchev–Trinajstić information content (AvgIpc) is 2.46. The van der Waals surface area contributed by atoms with E-state index in [1.165, 1.54) is 19.6 Å². The van der Waals surface area contributed by atoms with Gasteiger partial charge in [-0.05, 0) is 36.0 Å². The van der Waals surface area contributed by atoms with Gasteiger partial charge in [-0.3, -0.25) is 0 Å². The number of hydrogen-bond acceptors (Lipinski definition) is 3. The van der Waals surface area contributed by atoms with Crippen LogP contribution in [0.1, 0.15) is 55.3 Å². The van der Waals surface area contributed by atoms with Crippen LogP contribution in [0.5, 0.6) is 0 Å². The number of halogens is 1. The van der Waals surface area contributed by atoms with Gasteiger partial charge in [0.25, 0.3) is 0 Å². The van der Waals surface area contributed by atoms with Gasteiger partial charge in [0.05, 0.1) is 7.11 Å². The zero-order valence-electron chi connectivity index (χ0n) is 11.1. The van der Waals surface area contributed by atoms with Crippen LogP contribution < -0.4 is 0 Å². The van der Waals surface area contributed by atoms with Crippen molar-refractivity contribution in [3.63, 3.8) is 0 Å². The molecule has 0 bridgehead atoms. The van der Waals surface area contributed by atoms with Crippen LogP contribution in [0, 0.1) is 5.82 Å². The molecule has 1 unspecified atom stereocenters. The van der Waals surface area contributed by atoms with Gasteiger partial charge in [0.1, 0.15) is 5.82 Å². The number of ether oxygens (including phenoxy) is 1. The van der Waals surface area contributed by atoms with E-state index in [4.69, 9.17) is 0 Å². The Morgan fingerprint density at radius 1 is 1.37 bits per heavy atom. The van der Waals surface area contributed by atoms with Crippen molar-refractivity contribution in [1.82, 2.24) is 0 Å². The van der Waals surface area contributed by atoms with Crippen molar-refractivity contribution in [2.75, 3.05) is 7.11 Å². The van der Waals surface area contributed by atoms with Crippen molar-refractivity contribution in [2.24, 2.45) is 0 Å². The Kier molecular flexibility index (Phi) is 4.53. The van der Waals surface area contributed by atoms with Gasteiger partial charge >= 0.3 is 5.97 Å². The number of aliphatic hydroxyl groups excluding tert-OH is 1. The molecule has 1 aliphatic carbocycles. The molecule has 0 amide bonds. The Morgan fingerprint density at radius 2 is 2.05 bits per heavy atom. The molecule has 0 aromatic heterocycles. The largest absolute Gasteiger partial charge is 0.467 e. The Morgan fingerprint density at radius 3 is 2.63 bits per heavy atom. The van der Waals surface area contributed by atoms with E-state index in [1.54, 1.807) is 12.1 Å².